The summed E-state index contributed by atoms with van der Waals surface area (Å²) in [4.78, 5) is 28.1. The van der Waals surface area contributed by atoms with Crippen LogP contribution in [-0.4, -0.2) is 15.3 Å². The number of carbonyl (C=O) groups is 1. The van der Waals surface area contributed by atoms with Crippen molar-refractivity contribution in [3.63, 3.8) is 0 Å². The SMILES string of the molecule is Cc1cc(=O)n(CC(=O)c2ccc(Cl)cc2)c(C)n1. The van der Waals surface area contributed by atoms with Crippen molar-refractivity contribution in [3.05, 3.63) is 62.8 Å². The Morgan fingerprint density at radius 2 is 1.89 bits per heavy atom. The lowest BCUT2D eigenvalue weighted by Crippen LogP contribution is -2.27. The minimum Gasteiger partial charge on any atom is -0.292 e. The van der Waals surface area contributed by atoms with Crippen LogP contribution in [0.3, 0.4) is 0 Å². The highest BCUT2D eigenvalue weighted by atomic mass is 35.5. The first-order chi connectivity index (χ1) is 8.97. The van der Waals surface area contributed by atoms with E-state index >= 15 is 0 Å². The Morgan fingerprint density at radius 3 is 2.47 bits per heavy atom. The number of hydrogen-bond acceptors (Lipinski definition) is 3. The molecule has 4 nitrogen and oxygen atoms in total. The van der Waals surface area contributed by atoms with Crippen LogP contribution in [0.2, 0.25) is 5.02 Å². The maximum absolute atomic E-state index is 12.1. The first-order valence-electron chi connectivity index (χ1n) is 5.81. The molecule has 0 spiro atoms. The average Bonchev–Trinajstić information content (AvgIpc) is 2.34. The molecule has 0 saturated carbocycles. The average molecular weight is 277 g/mol. The number of benzene rings is 1. The zero-order chi connectivity index (χ0) is 14.0. The second-order valence-electron chi connectivity index (χ2n) is 4.30. The summed E-state index contributed by atoms with van der Waals surface area (Å²) in [5.74, 6) is 0.389. The standard InChI is InChI=1S/C14H13ClN2O2/c1-9-7-14(19)17(10(2)16-9)8-13(18)11-3-5-12(15)6-4-11/h3-7H,8H2,1-2H3. The van der Waals surface area contributed by atoms with E-state index in [4.69, 9.17) is 11.6 Å². The summed E-state index contributed by atoms with van der Waals surface area (Å²) in [6, 6.07) is 8.01. The van der Waals surface area contributed by atoms with Gasteiger partial charge in [0.1, 0.15) is 5.82 Å². The summed E-state index contributed by atoms with van der Waals surface area (Å²) in [6.07, 6.45) is 0. The van der Waals surface area contributed by atoms with Crippen LogP contribution in [0.15, 0.2) is 35.1 Å². The molecule has 19 heavy (non-hydrogen) atoms. The summed E-state index contributed by atoms with van der Waals surface area (Å²) in [5.41, 5.74) is 0.960. The molecule has 2 rings (SSSR count). The molecule has 1 heterocycles. The van der Waals surface area contributed by atoms with Crippen LogP contribution in [-0.2, 0) is 6.54 Å². The van der Waals surface area contributed by atoms with E-state index in [0.717, 1.165) is 0 Å². The summed E-state index contributed by atoms with van der Waals surface area (Å²) in [5, 5.41) is 0.571. The number of halogens is 1. The highest BCUT2D eigenvalue weighted by Gasteiger charge is 2.10. The molecule has 0 aliphatic carbocycles. The zero-order valence-electron chi connectivity index (χ0n) is 10.7. The van der Waals surface area contributed by atoms with E-state index in [2.05, 4.69) is 4.98 Å². The fraction of sp³-hybridized carbons (Fsp3) is 0.214. The van der Waals surface area contributed by atoms with Gasteiger partial charge in [0, 0.05) is 22.3 Å². The topological polar surface area (TPSA) is 52.0 Å². The van der Waals surface area contributed by atoms with Crippen molar-refractivity contribution in [3.8, 4) is 0 Å². The summed E-state index contributed by atoms with van der Waals surface area (Å²) < 4.78 is 1.37. The molecule has 0 atom stereocenters. The van der Waals surface area contributed by atoms with Crippen molar-refractivity contribution in [2.45, 2.75) is 20.4 Å². The molecule has 0 aliphatic rings. The summed E-state index contributed by atoms with van der Waals surface area (Å²) >= 11 is 5.77. The number of Topliss-reactive ketones (excluding diaryl/α,β-unsaturated/α-hetero) is 1. The van der Waals surface area contributed by atoms with Gasteiger partial charge in [-0.05, 0) is 38.1 Å². The Balaban J connectivity index is 2.29. The van der Waals surface area contributed by atoms with Crippen LogP contribution in [0, 0.1) is 13.8 Å². The number of ketones is 1. The Hall–Kier alpha value is -1.94. The second-order valence-corrected chi connectivity index (χ2v) is 4.74. The van der Waals surface area contributed by atoms with E-state index < -0.39 is 0 Å². The maximum Gasteiger partial charge on any atom is 0.254 e. The summed E-state index contributed by atoms with van der Waals surface area (Å²) in [7, 11) is 0. The van der Waals surface area contributed by atoms with Gasteiger partial charge in [-0.25, -0.2) is 4.98 Å². The molecule has 0 bridgehead atoms. The molecule has 0 unspecified atom stereocenters. The first kappa shape index (κ1) is 13.5. The Morgan fingerprint density at radius 1 is 1.26 bits per heavy atom. The van der Waals surface area contributed by atoms with Crippen molar-refractivity contribution >= 4 is 17.4 Å². The molecule has 0 fully saturated rings. The summed E-state index contributed by atoms with van der Waals surface area (Å²) in [6.45, 7) is 3.45. The van der Waals surface area contributed by atoms with E-state index in [0.29, 0.717) is 22.1 Å². The van der Waals surface area contributed by atoms with Gasteiger partial charge in [0.15, 0.2) is 5.78 Å². The van der Waals surface area contributed by atoms with E-state index in [1.807, 2.05) is 0 Å². The van der Waals surface area contributed by atoms with Crippen LogP contribution < -0.4 is 5.56 Å². The first-order valence-corrected chi connectivity index (χ1v) is 6.19. The van der Waals surface area contributed by atoms with E-state index in [-0.39, 0.29) is 17.9 Å². The fourth-order valence-corrected chi connectivity index (χ4v) is 1.95. The third-order valence-electron chi connectivity index (χ3n) is 2.80. The van der Waals surface area contributed by atoms with Crippen molar-refractivity contribution in [2.24, 2.45) is 0 Å². The molecule has 1 aromatic heterocycles. The van der Waals surface area contributed by atoms with Crippen LogP contribution >= 0.6 is 11.6 Å². The van der Waals surface area contributed by atoms with Gasteiger partial charge in [-0.1, -0.05) is 11.6 Å². The van der Waals surface area contributed by atoms with Gasteiger partial charge in [-0.3, -0.25) is 14.2 Å². The molecule has 1 aromatic carbocycles. The Bertz CT molecular complexity index is 675. The van der Waals surface area contributed by atoms with Gasteiger partial charge in [-0.2, -0.15) is 0 Å². The number of hydrogen-bond donors (Lipinski definition) is 0. The van der Waals surface area contributed by atoms with E-state index in [9.17, 15) is 9.59 Å². The van der Waals surface area contributed by atoms with Gasteiger partial charge >= 0.3 is 0 Å². The highest BCUT2D eigenvalue weighted by molar-refractivity contribution is 6.30. The molecule has 0 radical (unpaired) electrons. The third-order valence-corrected chi connectivity index (χ3v) is 3.05. The van der Waals surface area contributed by atoms with Crippen molar-refractivity contribution in [2.75, 3.05) is 0 Å². The molecule has 98 valence electrons. The van der Waals surface area contributed by atoms with E-state index in [1.54, 1.807) is 38.1 Å². The number of carbonyl (C=O) groups excluding carboxylic acids is 1. The predicted molar refractivity (Wildman–Crippen MR) is 73.8 cm³/mol. The lowest BCUT2D eigenvalue weighted by Gasteiger charge is -2.08. The van der Waals surface area contributed by atoms with Crippen molar-refractivity contribution < 1.29 is 4.79 Å². The second kappa shape index (κ2) is 5.36. The quantitative estimate of drug-likeness (QED) is 0.809. The molecular weight excluding hydrogens is 264 g/mol. The zero-order valence-corrected chi connectivity index (χ0v) is 11.4. The molecule has 2 aromatic rings. The molecule has 0 amide bonds. The predicted octanol–water partition coefficient (Wildman–Crippen LogP) is 2.40. The fourth-order valence-electron chi connectivity index (χ4n) is 1.83. The van der Waals surface area contributed by atoms with E-state index in [1.165, 1.54) is 10.6 Å². The minimum absolute atomic E-state index is 0.0143. The van der Waals surface area contributed by atoms with Gasteiger partial charge in [0.05, 0.1) is 6.54 Å². The van der Waals surface area contributed by atoms with Crippen LogP contribution in [0.1, 0.15) is 21.9 Å². The highest BCUT2D eigenvalue weighted by Crippen LogP contribution is 2.10. The monoisotopic (exact) mass is 276 g/mol. The third kappa shape index (κ3) is 3.09. The van der Waals surface area contributed by atoms with Crippen molar-refractivity contribution in [1.29, 1.82) is 0 Å². The smallest absolute Gasteiger partial charge is 0.254 e. The lowest BCUT2D eigenvalue weighted by atomic mass is 10.1. The maximum atomic E-state index is 12.1. The van der Waals surface area contributed by atoms with Crippen LogP contribution in [0.25, 0.3) is 0 Å². The minimum atomic E-state index is -0.215. The number of rotatable bonds is 3. The van der Waals surface area contributed by atoms with Crippen molar-refractivity contribution in [1.82, 2.24) is 9.55 Å². The van der Waals surface area contributed by atoms with Gasteiger partial charge in [0.25, 0.3) is 5.56 Å². The lowest BCUT2D eigenvalue weighted by molar-refractivity contribution is 0.0969. The Kier molecular flexibility index (Phi) is 3.81. The van der Waals surface area contributed by atoms with Crippen LogP contribution in [0.5, 0.6) is 0 Å². The molecular formula is C14H13ClN2O2. The molecule has 0 saturated heterocycles. The molecule has 5 heteroatoms. The molecule has 0 aliphatic heterocycles. The van der Waals surface area contributed by atoms with Gasteiger partial charge in [0.2, 0.25) is 0 Å². The largest absolute Gasteiger partial charge is 0.292 e. The van der Waals surface area contributed by atoms with Gasteiger partial charge in [-0.15, -0.1) is 0 Å². The molecule has 0 N–H and O–H groups in total. The van der Waals surface area contributed by atoms with Gasteiger partial charge < -0.3 is 0 Å². The normalized spacial score (nSPS) is 10.5. The number of aromatic nitrogens is 2. The number of nitrogens with zero attached hydrogens (tertiary/aromatic N) is 2. The Labute approximate surface area is 115 Å². The number of aryl methyl sites for hydroxylation is 2. The van der Waals surface area contributed by atoms with Crippen LogP contribution in [0.4, 0.5) is 0 Å².